The second kappa shape index (κ2) is 10.5. The Kier molecular flexibility index (Phi) is 7.36. The van der Waals surface area contributed by atoms with Gasteiger partial charge in [-0.1, -0.05) is 17.9 Å². The molecule has 1 aliphatic rings. The number of carbonyl (C=O) groups is 1. The summed E-state index contributed by atoms with van der Waals surface area (Å²) < 4.78 is 40.5. The topological polar surface area (TPSA) is 87.4 Å². The second-order valence-electron chi connectivity index (χ2n) is 9.11. The molecule has 0 radical (unpaired) electrons. The Labute approximate surface area is 213 Å². The van der Waals surface area contributed by atoms with Crippen LogP contribution in [0, 0.1) is 18.8 Å². The highest BCUT2D eigenvalue weighted by molar-refractivity contribution is 6.06. The van der Waals surface area contributed by atoms with E-state index in [2.05, 4.69) is 32.0 Å². The SMILES string of the molecule is Cc1ccc(C(=O)Nc2cc(C(F)(F)F)ccc2N(C)[C@@H]2CCN(C)C2)cc1C#Cc1cnc(N)nc1. The summed E-state index contributed by atoms with van der Waals surface area (Å²) in [6, 6.07) is 8.53. The van der Waals surface area contributed by atoms with Crippen LogP contribution in [-0.4, -0.2) is 54.0 Å². The number of rotatable bonds is 4. The first-order valence-electron chi connectivity index (χ1n) is 11.7. The first kappa shape index (κ1) is 26.0. The zero-order valence-corrected chi connectivity index (χ0v) is 20.7. The van der Waals surface area contributed by atoms with Crippen LogP contribution in [0.3, 0.4) is 0 Å². The number of nitrogens with two attached hydrogens (primary N) is 1. The lowest BCUT2D eigenvalue weighted by atomic mass is 10.0. The van der Waals surface area contributed by atoms with Crippen molar-refractivity contribution in [3.63, 3.8) is 0 Å². The van der Waals surface area contributed by atoms with Crippen molar-refractivity contribution < 1.29 is 18.0 Å². The van der Waals surface area contributed by atoms with Crippen molar-refractivity contribution >= 4 is 23.2 Å². The number of alkyl halides is 3. The summed E-state index contributed by atoms with van der Waals surface area (Å²) in [6.45, 7) is 3.53. The van der Waals surface area contributed by atoms with Crippen molar-refractivity contribution in [3.8, 4) is 11.8 Å². The molecule has 7 nitrogen and oxygen atoms in total. The first-order chi connectivity index (χ1) is 17.5. The van der Waals surface area contributed by atoms with Gasteiger partial charge in [0.2, 0.25) is 5.95 Å². The number of aromatic nitrogens is 2. The number of nitrogens with zero attached hydrogens (tertiary/aromatic N) is 4. The molecule has 37 heavy (non-hydrogen) atoms. The molecule has 1 amide bonds. The van der Waals surface area contributed by atoms with Crippen molar-refractivity contribution in [1.82, 2.24) is 14.9 Å². The largest absolute Gasteiger partial charge is 0.416 e. The lowest BCUT2D eigenvalue weighted by Crippen LogP contribution is -2.34. The van der Waals surface area contributed by atoms with E-state index in [9.17, 15) is 18.0 Å². The summed E-state index contributed by atoms with van der Waals surface area (Å²) in [7, 11) is 3.84. The van der Waals surface area contributed by atoms with Crippen LogP contribution in [0.1, 0.15) is 39.0 Å². The molecule has 1 aliphatic heterocycles. The van der Waals surface area contributed by atoms with Crippen LogP contribution in [0.25, 0.3) is 0 Å². The standard InChI is InChI=1S/C27H27F3N6O/c1-17-4-6-20(12-19(17)7-5-18-14-32-26(31)33-15-18)25(37)34-23-13-21(27(28,29)30)8-9-24(23)36(3)22-10-11-35(2)16-22/h4,6,8-9,12-15,22H,10-11,16H2,1-3H3,(H,34,37)(H2,31,32,33)/t22-/m1/s1. The van der Waals surface area contributed by atoms with E-state index in [1.165, 1.54) is 18.5 Å². The lowest BCUT2D eigenvalue weighted by molar-refractivity contribution is -0.137. The number of hydrogen-bond acceptors (Lipinski definition) is 6. The van der Waals surface area contributed by atoms with Crippen LogP contribution < -0.4 is 16.0 Å². The molecular weight excluding hydrogens is 481 g/mol. The van der Waals surface area contributed by atoms with E-state index in [-0.39, 0.29) is 23.2 Å². The van der Waals surface area contributed by atoms with Crippen LogP contribution in [0.5, 0.6) is 0 Å². The average Bonchev–Trinajstić information content (AvgIpc) is 3.29. The Balaban J connectivity index is 1.63. The Hall–Kier alpha value is -4.10. The highest BCUT2D eigenvalue weighted by atomic mass is 19.4. The molecule has 1 saturated heterocycles. The third kappa shape index (κ3) is 6.19. The summed E-state index contributed by atoms with van der Waals surface area (Å²) in [5.74, 6) is 5.53. The van der Waals surface area contributed by atoms with E-state index >= 15 is 0 Å². The number of likely N-dealkylation sites (tertiary alicyclic amines) is 1. The number of nitrogens with one attached hydrogen (secondary N) is 1. The highest BCUT2D eigenvalue weighted by Gasteiger charge is 2.32. The number of anilines is 3. The summed E-state index contributed by atoms with van der Waals surface area (Å²) in [4.78, 5) is 25.1. The quantitative estimate of drug-likeness (QED) is 0.515. The summed E-state index contributed by atoms with van der Waals surface area (Å²) in [5.41, 5.74) is 7.55. The van der Waals surface area contributed by atoms with Gasteiger partial charge in [0.05, 0.1) is 22.5 Å². The maximum atomic E-state index is 13.5. The minimum atomic E-state index is -4.54. The summed E-state index contributed by atoms with van der Waals surface area (Å²) in [5, 5.41) is 2.71. The molecule has 0 bridgehead atoms. The molecule has 0 aliphatic carbocycles. The third-order valence-corrected chi connectivity index (χ3v) is 6.38. The van der Waals surface area contributed by atoms with Gasteiger partial charge in [0.1, 0.15) is 0 Å². The lowest BCUT2D eigenvalue weighted by Gasteiger charge is -2.29. The molecule has 3 N–H and O–H groups in total. The zero-order chi connectivity index (χ0) is 26.7. The number of nitrogen functional groups attached to an aromatic ring is 1. The summed E-state index contributed by atoms with van der Waals surface area (Å²) in [6.07, 6.45) is -0.674. The molecule has 0 spiro atoms. The number of carbonyl (C=O) groups excluding carboxylic acids is 1. The molecular formula is C27H27F3N6O. The number of halogens is 3. The van der Waals surface area contributed by atoms with Gasteiger partial charge in [-0.2, -0.15) is 13.2 Å². The minimum absolute atomic E-state index is 0.101. The molecule has 3 aromatic rings. The van der Waals surface area contributed by atoms with Gasteiger partial charge in [-0.05, 0) is 62.8 Å². The van der Waals surface area contributed by atoms with E-state index in [4.69, 9.17) is 5.73 Å². The van der Waals surface area contributed by atoms with Crippen LogP contribution in [0.4, 0.5) is 30.5 Å². The van der Waals surface area contributed by atoms with Crippen molar-refractivity contribution in [2.75, 3.05) is 43.1 Å². The van der Waals surface area contributed by atoms with E-state index in [0.717, 1.165) is 37.2 Å². The smallest absolute Gasteiger partial charge is 0.369 e. The van der Waals surface area contributed by atoms with Gasteiger partial charge >= 0.3 is 6.18 Å². The minimum Gasteiger partial charge on any atom is -0.369 e. The highest BCUT2D eigenvalue weighted by Crippen LogP contribution is 2.36. The van der Waals surface area contributed by atoms with Crippen molar-refractivity contribution in [2.45, 2.75) is 25.6 Å². The monoisotopic (exact) mass is 508 g/mol. The van der Waals surface area contributed by atoms with Gasteiger partial charge < -0.3 is 20.9 Å². The van der Waals surface area contributed by atoms with E-state index in [0.29, 0.717) is 16.8 Å². The molecule has 0 unspecified atom stereocenters. The normalized spacial score (nSPS) is 15.7. The Bertz CT molecular complexity index is 1360. The Morgan fingerprint density at radius 2 is 1.89 bits per heavy atom. The predicted molar refractivity (Wildman–Crippen MR) is 137 cm³/mol. The molecule has 1 atom stereocenters. The maximum absolute atomic E-state index is 13.5. The molecule has 10 heteroatoms. The number of benzene rings is 2. The fourth-order valence-electron chi connectivity index (χ4n) is 4.18. The molecule has 1 aromatic heterocycles. The molecule has 1 fully saturated rings. The molecule has 2 aromatic carbocycles. The average molecular weight is 509 g/mol. The maximum Gasteiger partial charge on any atom is 0.416 e. The van der Waals surface area contributed by atoms with Crippen molar-refractivity contribution in [3.05, 3.63) is 76.6 Å². The van der Waals surface area contributed by atoms with E-state index in [1.54, 1.807) is 18.2 Å². The molecule has 4 rings (SSSR count). The molecule has 192 valence electrons. The Morgan fingerprint density at radius 3 is 2.54 bits per heavy atom. The van der Waals surface area contributed by atoms with Gasteiger partial charge in [0, 0.05) is 43.2 Å². The number of likely N-dealkylation sites (N-methyl/N-ethyl adjacent to an activating group) is 2. The van der Waals surface area contributed by atoms with Gasteiger partial charge in [-0.15, -0.1) is 0 Å². The third-order valence-electron chi connectivity index (χ3n) is 6.38. The van der Waals surface area contributed by atoms with Gasteiger partial charge in [-0.3, -0.25) is 4.79 Å². The van der Waals surface area contributed by atoms with Gasteiger partial charge in [-0.25, -0.2) is 9.97 Å². The number of aryl methyl sites for hydroxylation is 1. The van der Waals surface area contributed by atoms with Crippen LogP contribution in [0.2, 0.25) is 0 Å². The van der Waals surface area contributed by atoms with Crippen molar-refractivity contribution in [2.24, 2.45) is 0 Å². The van der Waals surface area contributed by atoms with Gasteiger partial charge in [0.15, 0.2) is 0 Å². The summed E-state index contributed by atoms with van der Waals surface area (Å²) >= 11 is 0. The molecule has 0 saturated carbocycles. The van der Waals surface area contributed by atoms with Crippen molar-refractivity contribution in [1.29, 1.82) is 0 Å². The fourth-order valence-corrected chi connectivity index (χ4v) is 4.18. The fraction of sp³-hybridized carbons (Fsp3) is 0.296. The van der Waals surface area contributed by atoms with E-state index < -0.39 is 17.6 Å². The number of amides is 1. The first-order valence-corrected chi connectivity index (χ1v) is 11.7. The zero-order valence-electron chi connectivity index (χ0n) is 20.7. The van der Waals surface area contributed by atoms with E-state index in [1.807, 2.05) is 25.9 Å². The van der Waals surface area contributed by atoms with Crippen LogP contribution in [0.15, 0.2) is 48.8 Å². The van der Waals surface area contributed by atoms with Crippen LogP contribution >= 0.6 is 0 Å². The van der Waals surface area contributed by atoms with Crippen LogP contribution in [-0.2, 0) is 6.18 Å². The number of hydrogen-bond donors (Lipinski definition) is 2. The second-order valence-corrected chi connectivity index (χ2v) is 9.11. The Morgan fingerprint density at radius 1 is 1.16 bits per heavy atom. The predicted octanol–water partition coefficient (Wildman–Crippen LogP) is 4.18. The van der Waals surface area contributed by atoms with Gasteiger partial charge in [0.25, 0.3) is 5.91 Å². The molecule has 2 heterocycles.